The molecule has 0 N–H and O–H groups in total. The van der Waals surface area contributed by atoms with Gasteiger partial charge < -0.3 is 0 Å². The maximum atomic E-state index is 4.24. The Bertz CT molecular complexity index is 381. The first-order chi connectivity index (χ1) is 6.36. The van der Waals surface area contributed by atoms with Crippen molar-refractivity contribution in [1.82, 2.24) is 0 Å². The van der Waals surface area contributed by atoms with Crippen molar-refractivity contribution in [2.45, 2.75) is 4.90 Å². The Morgan fingerprint density at radius 2 is 1.14 bits per heavy atom. The van der Waals surface area contributed by atoms with Gasteiger partial charge in [-0.1, -0.05) is 42.5 Å². The average Bonchev–Trinajstić information content (AvgIpc) is 2.20. The molecule has 0 saturated carbocycles. The van der Waals surface area contributed by atoms with Crippen molar-refractivity contribution in [2.24, 2.45) is 0 Å². The third-order valence-electron chi connectivity index (χ3n) is 1.97. The average molecular weight is 320 g/mol. The molecule has 0 fully saturated rings. The van der Waals surface area contributed by atoms with Gasteiger partial charge in [0.05, 0.1) is 0 Å². The Labute approximate surface area is 149 Å². The molecule has 0 aliphatic carbocycles. The number of hydrogen-bond acceptors (Lipinski definition) is 1. The van der Waals surface area contributed by atoms with Crippen LogP contribution in [0.4, 0.5) is 0 Å². The van der Waals surface area contributed by atoms with Crippen molar-refractivity contribution in [3.8, 4) is 11.1 Å². The van der Waals surface area contributed by atoms with Gasteiger partial charge in [0.15, 0.2) is 0 Å². The predicted molar refractivity (Wildman–Crippen MR) is 66.3 cm³/mol. The van der Waals surface area contributed by atoms with Gasteiger partial charge in [0.2, 0.25) is 0 Å². The van der Waals surface area contributed by atoms with Gasteiger partial charge in [-0.25, -0.2) is 0 Å². The van der Waals surface area contributed by atoms with Crippen molar-refractivity contribution in [2.75, 3.05) is 0 Å². The van der Waals surface area contributed by atoms with E-state index in [1.807, 2.05) is 30.3 Å². The number of thiol groups is 1. The van der Waals surface area contributed by atoms with Crippen molar-refractivity contribution >= 4 is 81.5 Å². The van der Waals surface area contributed by atoms with Gasteiger partial charge in [-0.3, -0.25) is 0 Å². The monoisotopic (exact) mass is 320 g/mol. The van der Waals surface area contributed by atoms with Crippen LogP contribution in [0.5, 0.6) is 0 Å². The molecule has 2 heteroatoms. The minimum absolute atomic E-state index is 0. The fourth-order valence-electron chi connectivity index (χ4n) is 1.28. The van der Waals surface area contributed by atoms with Crippen LogP contribution in [0.25, 0.3) is 11.1 Å². The molecule has 14 heavy (non-hydrogen) atoms. The second kappa shape index (κ2) is 6.43. The molecule has 0 amide bonds. The molecule has 66 valence electrons. The van der Waals surface area contributed by atoms with E-state index >= 15 is 0 Å². The SMILES string of the molecule is Sc1ccc(-c2ccccc2)cc1.[CsH]. The molecule has 0 saturated heterocycles. The summed E-state index contributed by atoms with van der Waals surface area (Å²) in [6.07, 6.45) is 0. The van der Waals surface area contributed by atoms with Gasteiger partial charge in [0, 0.05) is 4.90 Å². The summed E-state index contributed by atoms with van der Waals surface area (Å²) in [7, 11) is 0. The van der Waals surface area contributed by atoms with E-state index < -0.39 is 0 Å². The van der Waals surface area contributed by atoms with Crippen molar-refractivity contribution in [1.29, 1.82) is 0 Å². The van der Waals surface area contributed by atoms with Gasteiger partial charge in [-0.15, -0.1) is 12.6 Å². The zero-order valence-electron chi connectivity index (χ0n) is 7.14. The first kappa shape index (κ1) is 12.9. The molecule has 0 aliphatic heterocycles. The van der Waals surface area contributed by atoms with E-state index in [2.05, 4.69) is 36.9 Å². The van der Waals surface area contributed by atoms with E-state index in [0.29, 0.717) is 0 Å². The number of hydrogen-bond donors (Lipinski definition) is 1. The van der Waals surface area contributed by atoms with Crippen LogP contribution < -0.4 is 0 Å². The topological polar surface area (TPSA) is 0 Å². The first-order valence-electron chi connectivity index (χ1n) is 4.21. The van der Waals surface area contributed by atoms with Crippen LogP contribution in [0.3, 0.4) is 0 Å². The summed E-state index contributed by atoms with van der Waals surface area (Å²) in [6, 6.07) is 18.5. The molecule has 0 unspecified atom stereocenters. The zero-order chi connectivity index (χ0) is 9.10. The summed E-state index contributed by atoms with van der Waals surface area (Å²) in [5, 5.41) is 0. The molecule has 2 rings (SSSR count). The summed E-state index contributed by atoms with van der Waals surface area (Å²) in [4.78, 5) is 1.000. The van der Waals surface area contributed by atoms with Crippen LogP contribution in [0.1, 0.15) is 0 Å². The molecule has 0 spiro atoms. The fraction of sp³-hybridized carbons (Fsp3) is 0. The summed E-state index contributed by atoms with van der Waals surface area (Å²) in [6.45, 7) is 0. The minimum atomic E-state index is 0. The molecule has 0 atom stereocenters. The molecule has 0 nitrogen and oxygen atoms in total. The molecular formula is C12H11CsS. The Kier molecular flexibility index (Phi) is 5.93. The van der Waals surface area contributed by atoms with Gasteiger partial charge >= 0.3 is 68.9 Å². The Hall–Kier alpha value is 0.842. The normalized spacial score (nSPS) is 9.21. The van der Waals surface area contributed by atoms with Gasteiger partial charge in [-0.05, 0) is 23.3 Å². The standard InChI is InChI=1S/C12H10S.Cs.H/c13-12-8-6-11(7-9-12)10-4-2-1-3-5-10;;/h1-9,13H;;. The van der Waals surface area contributed by atoms with Gasteiger partial charge in [0.25, 0.3) is 0 Å². The fourth-order valence-corrected chi connectivity index (χ4v) is 1.43. The summed E-state index contributed by atoms with van der Waals surface area (Å²) >= 11 is 4.24. The first-order valence-corrected chi connectivity index (χ1v) is 4.65. The van der Waals surface area contributed by atoms with Crippen molar-refractivity contribution in [3.63, 3.8) is 0 Å². The molecule has 0 aliphatic rings. The van der Waals surface area contributed by atoms with Crippen LogP contribution in [0.15, 0.2) is 59.5 Å². The molecule has 0 heterocycles. The molecule has 0 aromatic heterocycles. The van der Waals surface area contributed by atoms with Crippen LogP contribution >= 0.6 is 12.6 Å². The van der Waals surface area contributed by atoms with Crippen LogP contribution in [0, 0.1) is 0 Å². The van der Waals surface area contributed by atoms with Crippen LogP contribution in [-0.2, 0) is 0 Å². The second-order valence-electron chi connectivity index (χ2n) is 2.91. The molecule has 0 bridgehead atoms. The Morgan fingerprint density at radius 3 is 1.71 bits per heavy atom. The van der Waals surface area contributed by atoms with Crippen molar-refractivity contribution in [3.05, 3.63) is 54.6 Å². The third-order valence-corrected chi connectivity index (χ3v) is 2.27. The van der Waals surface area contributed by atoms with Crippen molar-refractivity contribution < 1.29 is 0 Å². The number of benzene rings is 2. The molecule has 2 aromatic rings. The van der Waals surface area contributed by atoms with Gasteiger partial charge in [0.1, 0.15) is 0 Å². The van der Waals surface area contributed by atoms with E-state index in [-0.39, 0.29) is 68.9 Å². The maximum absolute atomic E-state index is 4.24. The summed E-state index contributed by atoms with van der Waals surface area (Å²) in [5.41, 5.74) is 2.48. The summed E-state index contributed by atoms with van der Waals surface area (Å²) in [5.74, 6) is 0. The van der Waals surface area contributed by atoms with E-state index in [4.69, 9.17) is 0 Å². The van der Waals surface area contributed by atoms with E-state index in [1.54, 1.807) is 0 Å². The molecule has 2 aromatic carbocycles. The summed E-state index contributed by atoms with van der Waals surface area (Å²) < 4.78 is 0. The predicted octanol–water partition coefficient (Wildman–Crippen LogP) is 2.99. The van der Waals surface area contributed by atoms with E-state index in [0.717, 1.165) is 4.90 Å². The van der Waals surface area contributed by atoms with E-state index in [9.17, 15) is 0 Å². The second-order valence-corrected chi connectivity index (χ2v) is 3.43. The Balaban J connectivity index is 0.000000980. The van der Waals surface area contributed by atoms with E-state index in [1.165, 1.54) is 11.1 Å². The number of rotatable bonds is 1. The van der Waals surface area contributed by atoms with Crippen LogP contribution in [-0.4, -0.2) is 68.9 Å². The quantitative estimate of drug-likeness (QED) is 0.768. The Morgan fingerprint density at radius 1 is 0.643 bits per heavy atom. The third kappa shape index (κ3) is 3.45. The van der Waals surface area contributed by atoms with Crippen LogP contribution in [0.2, 0.25) is 0 Å². The zero-order valence-corrected chi connectivity index (χ0v) is 8.04. The molecular weight excluding hydrogens is 309 g/mol. The van der Waals surface area contributed by atoms with Gasteiger partial charge in [-0.2, -0.15) is 0 Å². The molecule has 0 radical (unpaired) electrons.